The molecule has 0 fully saturated rings. The van der Waals surface area contributed by atoms with Crippen LogP contribution < -0.4 is 14.8 Å². The molecule has 3 aromatic rings. The summed E-state index contributed by atoms with van der Waals surface area (Å²) in [5.74, 6) is 1.09. The Labute approximate surface area is 187 Å². The molecule has 0 aromatic heterocycles. The second kappa shape index (κ2) is 10.0. The van der Waals surface area contributed by atoms with Crippen molar-refractivity contribution in [3.63, 3.8) is 0 Å². The molecule has 0 saturated heterocycles. The van der Waals surface area contributed by atoms with Crippen LogP contribution in [0.1, 0.15) is 28.4 Å². The van der Waals surface area contributed by atoms with E-state index in [0.717, 1.165) is 5.56 Å². The van der Waals surface area contributed by atoms with Crippen LogP contribution in [0.25, 0.3) is 0 Å². The Morgan fingerprint density at radius 3 is 2.28 bits per heavy atom. The lowest BCUT2D eigenvalue weighted by Gasteiger charge is -2.30. The van der Waals surface area contributed by atoms with Crippen LogP contribution in [0, 0.1) is 0 Å². The van der Waals surface area contributed by atoms with E-state index in [1.54, 1.807) is 24.1 Å². The summed E-state index contributed by atoms with van der Waals surface area (Å²) >= 11 is 0. The van der Waals surface area contributed by atoms with E-state index in [9.17, 15) is 9.59 Å². The number of ether oxygens (including phenoxy) is 2. The number of nitrogens with one attached hydrogen (secondary N) is 1. The van der Waals surface area contributed by atoms with Gasteiger partial charge in [0.15, 0.2) is 17.6 Å². The number of carbonyl (C=O) groups is 2. The largest absolute Gasteiger partial charge is 0.486 e. The summed E-state index contributed by atoms with van der Waals surface area (Å²) in [7, 11) is 1.74. The van der Waals surface area contributed by atoms with Crippen LogP contribution in [0.15, 0.2) is 84.9 Å². The topological polar surface area (TPSA) is 67.9 Å². The van der Waals surface area contributed by atoms with E-state index in [1.807, 2.05) is 72.8 Å². The van der Waals surface area contributed by atoms with Crippen molar-refractivity contribution >= 4 is 11.8 Å². The number of para-hydroxylation sites is 2. The molecule has 32 heavy (non-hydrogen) atoms. The van der Waals surface area contributed by atoms with Gasteiger partial charge < -0.3 is 19.7 Å². The molecule has 0 saturated carbocycles. The summed E-state index contributed by atoms with van der Waals surface area (Å²) in [5, 5.41) is 3.01. The highest BCUT2D eigenvalue weighted by atomic mass is 16.6. The molecular weight excluding hydrogens is 404 g/mol. The molecule has 6 heteroatoms. The average Bonchev–Trinajstić information content (AvgIpc) is 2.84. The molecule has 4 rings (SSSR count). The summed E-state index contributed by atoms with van der Waals surface area (Å²) in [6.45, 7) is 0.767. The number of likely N-dealkylation sites (N-methyl/N-ethyl adjacent to an activating group) is 1. The Kier molecular flexibility index (Phi) is 6.70. The van der Waals surface area contributed by atoms with Crippen molar-refractivity contribution in [2.75, 3.05) is 20.2 Å². The third-order valence-corrected chi connectivity index (χ3v) is 5.39. The minimum atomic E-state index is -0.442. The van der Waals surface area contributed by atoms with E-state index in [4.69, 9.17) is 9.47 Å². The Balaban J connectivity index is 1.41. The summed E-state index contributed by atoms with van der Waals surface area (Å²) in [4.78, 5) is 27.4. The number of nitrogens with zero attached hydrogens (tertiary/aromatic N) is 1. The molecule has 0 spiro atoms. The second-order valence-corrected chi connectivity index (χ2v) is 7.78. The van der Waals surface area contributed by atoms with Crippen molar-refractivity contribution in [3.05, 3.63) is 96.1 Å². The minimum absolute atomic E-state index is 0.0883. The van der Waals surface area contributed by atoms with E-state index in [2.05, 4.69) is 5.32 Å². The third-order valence-electron chi connectivity index (χ3n) is 5.39. The van der Waals surface area contributed by atoms with E-state index in [0.29, 0.717) is 30.2 Å². The van der Waals surface area contributed by atoms with Gasteiger partial charge in [0.2, 0.25) is 5.91 Å². The van der Waals surface area contributed by atoms with Crippen LogP contribution in [0.3, 0.4) is 0 Å². The number of benzene rings is 3. The molecule has 1 aliphatic heterocycles. The number of hydrogen-bond donors (Lipinski definition) is 1. The van der Waals surface area contributed by atoms with Crippen molar-refractivity contribution in [1.82, 2.24) is 10.2 Å². The van der Waals surface area contributed by atoms with Crippen molar-refractivity contribution in [2.45, 2.75) is 18.6 Å². The summed E-state index contributed by atoms with van der Waals surface area (Å²) in [5.41, 5.74) is 1.44. The molecule has 2 atom stereocenters. The van der Waals surface area contributed by atoms with Crippen LogP contribution in [-0.4, -0.2) is 43.0 Å². The molecule has 2 amide bonds. The van der Waals surface area contributed by atoms with E-state index >= 15 is 0 Å². The van der Waals surface area contributed by atoms with Gasteiger partial charge in [-0.15, -0.1) is 0 Å². The Bertz CT molecular complexity index is 1060. The third kappa shape index (κ3) is 5.27. The zero-order chi connectivity index (χ0) is 22.3. The predicted molar refractivity (Wildman–Crippen MR) is 122 cm³/mol. The van der Waals surface area contributed by atoms with Gasteiger partial charge in [0.05, 0.1) is 19.0 Å². The molecule has 0 aliphatic carbocycles. The Hall–Kier alpha value is -3.80. The Morgan fingerprint density at radius 1 is 0.938 bits per heavy atom. The highest BCUT2D eigenvalue weighted by molar-refractivity contribution is 5.94. The van der Waals surface area contributed by atoms with E-state index in [-0.39, 0.29) is 24.3 Å². The second-order valence-electron chi connectivity index (χ2n) is 7.78. The average molecular weight is 431 g/mol. The molecule has 3 aromatic carbocycles. The minimum Gasteiger partial charge on any atom is -0.486 e. The van der Waals surface area contributed by atoms with Gasteiger partial charge >= 0.3 is 0 Å². The summed E-state index contributed by atoms with van der Waals surface area (Å²) in [6.07, 6.45) is -0.114. The maximum Gasteiger partial charge on any atom is 0.251 e. The number of carbonyl (C=O) groups excluding carboxylic acids is 2. The first-order chi connectivity index (χ1) is 15.6. The van der Waals surface area contributed by atoms with Crippen molar-refractivity contribution in [1.29, 1.82) is 0 Å². The predicted octanol–water partition coefficient (Wildman–Crippen LogP) is 3.85. The standard InChI is InChI=1S/C26H26N2O4/c1-28(17-21-18-31-23-14-8-9-15-24(23)32-21)25(29)16-22(19-10-4-2-5-11-19)27-26(30)20-12-6-3-7-13-20/h2-15,21-22H,16-18H2,1H3,(H,27,30)/t21-,22+/m0/s1. The molecule has 6 nitrogen and oxygen atoms in total. The smallest absolute Gasteiger partial charge is 0.251 e. The van der Waals surface area contributed by atoms with Gasteiger partial charge in [0.1, 0.15) is 6.61 Å². The van der Waals surface area contributed by atoms with Crippen LogP contribution in [0.5, 0.6) is 11.5 Å². The first-order valence-corrected chi connectivity index (χ1v) is 10.6. The fourth-order valence-corrected chi connectivity index (χ4v) is 3.66. The fraction of sp³-hybridized carbons (Fsp3) is 0.231. The molecular formula is C26H26N2O4. The van der Waals surface area contributed by atoms with Gasteiger partial charge in [-0.1, -0.05) is 60.7 Å². The monoisotopic (exact) mass is 430 g/mol. The quantitative estimate of drug-likeness (QED) is 0.618. The molecule has 0 radical (unpaired) electrons. The Morgan fingerprint density at radius 2 is 1.56 bits per heavy atom. The maximum absolute atomic E-state index is 13.0. The lowest BCUT2D eigenvalue weighted by atomic mass is 10.0. The van der Waals surface area contributed by atoms with Gasteiger partial charge in [-0.05, 0) is 29.8 Å². The lowest BCUT2D eigenvalue weighted by Crippen LogP contribution is -2.43. The summed E-state index contributed by atoms with van der Waals surface area (Å²) < 4.78 is 11.7. The van der Waals surface area contributed by atoms with Crippen molar-refractivity contribution in [3.8, 4) is 11.5 Å². The number of amides is 2. The van der Waals surface area contributed by atoms with Crippen LogP contribution in [0.2, 0.25) is 0 Å². The first-order valence-electron chi connectivity index (χ1n) is 10.6. The van der Waals surface area contributed by atoms with Crippen molar-refractivity contribution < 1.29 is 19.1 Å². The van der Waals surface area contributed by atoms with Gasteiger partial charge in [-0.2, -0.15) is 0 Å². The maximum atomic E-state index is 13.0. The fourth-order valence-electron chi connectivity index (χ4n) is 3.66. The molecule has 0 unspecified atom stereocenters. The molecule has 1 aliphatic rings. The normalized spacial score (nSPS) is 15.5. The first kappa shape index (κ1) is 21.4. The zero-order valence-corrected chi connectivity index (χ0v) is 17.9. The number of hydrogen-bond acceptors (Lipinski definition) is 4. The highest BCUT2D eigenvalue weighted by Gasteiger charge is 2.26. The van der Waals surface area contributed by atoms with E-state index < -0.39 is 6.04 Å². The molecule has 1 N–H and O–H groups in total. The molecule has 0 bridgehead atoms. The lowest BCUT2D eigenvalue weighted by molar-refractivity contribution is -0.131. The van der Waals surface area contributed by atoms with Crippen LogP contribution in [-0.2, 0) is 4.79 Å². The van der Waals surface area contributed by atoms with Crippen molar-refractivity contribution in [2.24, 2.45) is 0 Å². The van der Waals surface area contributed by atoms with Gasteiger partial charge in [-0.25, -0.2) is 0 Å². The number of fused-ring (bicyclic) bond motifs is 1. The van der Waals surface area contributed by atoms with Gasteiger partial charge in [0, 0.05) is 12.6 Å². The molecule has 1 heterocycles. The van der Waals surface area contributed by atoms with E-state index in [1.165, 1.54) is 0 Å². The van der Waals surface area contributed by atoms with Crippen LogP contribution >= 0.6 is 0 Å². The van der Waals surface area contributed by atoms with Crippen LogP contribution in [0.4, 0.5) is 0 Å². The zero-order valence-electron chi connectivity index (χ0n) is 17.9. The highest BCUT2D eigenvalue weighted by Crippen LogP contribution is 2.31. The molecule has 164 valence electrons. The summed E-state index contributed by atoms with van der Waals surface area (Å²) in [6, 6.07) is 25.6. The van der Waals surface area contributed by atoms with Gasteiger partial charge in [0.25, 0.3) is 5.91 Å². The SMILES string of the molecule is CN(C[C@H]1COc2ccccc2O1)C(=O)C[C@@H](NC(=O)c1ccccc1)c1ccccc1. The van der Waals surface area contributed by atoms with Gasteiger partial charge in [-0.3, -0.25) is 9.59 Å². The number of rotatable bonds is 7.